The molecule has 0 aliphatic rings. The molecule has 2 aromatic carbocycles. The van der Waals surface area contributed by atoms with Crippen molar-refractivity contribution in [2.24, 2.45) is 0 Å². The number of halogens is 4. The first-order chi connectivity index (χ1) is 10.6. The highest BCUT2D eigenvalue weighted by Gasteiger charge is 2.20. The Balaban J connectivity index is 2.34. The van der Waals surface area contributed by atoms with Crippen LogP contribution in [0.4, 0.5) is 8.78 Å². The van der Waals surface area contributed by atoms with Crippen molar-refractivity contribution in [3.05, 3.63) is 62.6 Å². The van der Waals surface area contributed by atoms with Crippen molar-refractivity contribution in [3.8, 4) is 0 Å². The number of hydrogen-bond donors (Lipinski definition) is 1. The molecule has 0 fully saturated rings. The Kier molecular flexibility index (Phi) is 5.30. The number of aryl methyl sites for hydroxylation is 2. The number of benzene rings is 2. The van der Waals surface area contributed by atoms with Gasteiger partial charge >= 0.3 is 0 Å². The standard InChI is InChI=1S/C15H13Cl2F2NO2S/c1-8-6-14(9(2)5-12(8)17)23(21,22)20-7-10-13(18)4-3-11(16)15(10)19/h3-6,20H,7H2,1-2H3. The lowest BCUT2D eigenvalue weighted by Crippen LogP contribution is -2.25. The van der Waals surface area contributed by atoms with Gasteiger partial charge in [0.1, 0.15) is 11.6 Å². The van der Waals surface area contributed by atoms with Gasteiger partial charge in [0.25, 0.3) is 0 Å². The first-order valence-electron chi connectivity index (χ1n) is 6.52. The maximum atomic E-state index is 13.8. The molecular formula is C15H13Cl2F2NO2S. The minimum Gasteiger partial charge on any atom is -0.207 e. The van der Waals surface area contributed by atoms with Crippen LogP contribution in [-0.4, -0.2) is 8.42 Å². The van der Waals surface area contributed by atoms with Crippen molar-refractivity contribution in [1.29, 1.82) is 0 Å². The third-order valence-electron chi connectivity index (χ3n) is 3.32. The molecule has 0 atom stereocenters. The monoisotopic (exact) mass is 379 g/mol. The zero-order chi connectivity index (χ0) is 17.4. The molecule has 8 heteroatoms. The molecule has 0 saturated heterocycles. The molecule has 0 spiro atoms. The molecule has 2 aromatic rings. The molecule has 0 heterocycles. The first-order valence-corrected chi connectivity index (χ1v) is 8.76. The van der Waals surface area contributed by atoms with Crippen LogP contribution >= 0.6 is 23.2 Å². The molecule has 0 aliphatic heterocycles. The number of rotatable bonds is 4. The number of sulfonamides is 1. The second-order valence-electron chi connectivity index (χ2n) is 5.01. The molecule has 0 unspecified atom stereocenters. The van der Waals surface area contributed by atoms with E-state index in [0.29, 0.717) is 16.1 Å². The molecule has 0 radical (unpaired) electrons. The highest BCUT2D eigenvalue weighted by molar-refractivity contribution is 7.89. The van der Waals surface area contributed by atoms with Gasteiger partial charge in [-0.15, -0.1) is 0 Å². The van der Waals surface area contributed by atoms with Gasteiger partial charge in [-0.25, -0.2) is 21.9 Å². The lowest BCUT2D eigenvalue weighted by Gasteiger charge is -2.12. The molecule has 3 nitrogen and oxygen atoms in total. The van der Waals surface area contributed by atoms with Crippen LogP contribution in [0.5, 0.6) is 0 Å². The third kappa shape index (κ3) is 3.83. The van der Waals surface area contributed by atoms with Gasteiger partial charge in [-0.05, 0) is 49.2 Å². The van der Waals surface area contributed by atoms with Crippen molar-refractivity contribution < 1.29 is 17.2 Å². The summed E-state index contributed by atoms with van der Waals surface area (Å²) in [6, 6.07) is 4.97. The summed E-state index contributed by atoms with van der Waals surface area (Å²) in [5.74, 6) is -1.86. The predicted molar refractivity (Wildman–Crippen MR) is 86.3 cm³/mol. The van der Waals surface area contributed by atoms with E-state index in [2.05, 4.69) is 4.72 Å². The van der Waals surface area contributed by atoms with Crippen LogP contribution in [-0.2, 0) is 16.6 Å². The van der Waals surface area contributed by atoms with Crippen LogP contribution < -0.4 is 4.72 Å². The zero-order valence-electron chi connectivity index (χ0n) is 12.3. The van der Waals surface area contributed by atoms with E-state index in [1.54, 1.807) is 13.8 Å². The Morgan fingerprint density at radius 3 is 2.35 bits per heavy atom. The summed E-state index contributed by atoms with van der Waals surface area (Å²) in [5, 5.41) is 0.160. The number of nitrogens with one attached hydrogen (secondary N) is 1. The molecule has 0 bridgehead atoms. The molecule has 0 aromatic heterocycles. The summed E-state index contributed by atoms with van der Waals surface area (Å²) in [7, 11) is -3.96. The Morgan fingerprint density at radius 2 is 1.70 bits per heavy atom. The smallest absolute Gasteiger partial charge is 0.207 e. The molecule has 1 N–H and O–H groups in total. The summed E-state index contributed by atoms with van der Waals surface area (Å²) in [6.45, 7) is 2.69. The minimum absolute atomic E-state index is 0.00208. The van der Waals surface area contributed by atoms with Crippen LogP contribution in [0.3, 0.4) is 0 Å². The highest BCUT2D eigenvalue weighted by Crippen LogP contribution is 2.25. The largest absolute Gasteiger partial charge is 0.241 e. The van der Waals surface area contributed by atoms with Gasteiger partial charge in [0.05, 0.1) is 9.92 Å². The van der Waals surface area contributed by atoms with Gasteiger partial charge in [-0.1, -0.05) is 23.2 Å². The van der Waals surface area contributed by atoms with E-state index in [0.717, 1.165) is 12.1 Å². The van der Waals surface area contributed by atoms with Crippen LogP contribution in [0.1, 0.15) is 16.7 Å². The van der Waals surface area contributed by atoms with Crippen LogP contribution in [0, 0.1) is 25.5 Å². The van der Waals surface area contributed by atoms with E-state index in [9.17, 15) is 17.2 Å². The molecule has 2 rings (SSSR count). The van der Waals surface area contributed by atoms with Gasteiger partial charge in [-0.3, -0.25) is 0 Å². The fourth-order valence-electron chi connectivity index (χ4n) is 2.02. The first kappa shape index (κ1) is 18.1. The van der Waals surface area contributed by atoms with E-state index >= 15 is 0 Å². The summed E-state index contributed by atoms with van der Waals surface area (Å²) < 4.78 is 54.4. The summed E-state index contributed by atoms with van der Waals surface area (Å²) in [4.78, 5) is 0.00208. The Hall–Kier alpha value is -1.21. The van der Waals surface area contributed by atoms with E-state index in [-0.39, 0.29) is 9.92 Å². The fraction of sp³-hybridized carbons (Fsp3) is 0.200. The van der Waals surface area contributed by atoms with Gasteiger partial charge in [0, 0.05) is 17.1 Å². The molecular weight excluding hydrogens is 367 g/mol. The van der Waals surface area contributed by atoms with Crippen LogP contribution in [0.25, 0.3) is 0 Å². The molecule has 0 saturated carbocycles. The fourth-order valence-corrected chi connectivity index (χ4v) is 3.72. The Bertz CT molecular complexity index is 870. The van der Waals surface area contributed by atoms with Crippen molar-refractivity contribution >= 4 is 33.2 Å². The van der Waals surface area contributed by atoms with Crippen molar-refractivity contribution in [3.63, 3.8) is 0 Å². The maximum absolute atomic E-state index is 13.8. The quantitative estimate of drug-likeness (QED) is 0.801. The second-order valence-corrected chi connectivity index (χ2v) is 7.56. The molecule has 23 heavy (non-hydrogen) atoms. The normalized spacial score (nSPS) is 11.7. The lowest BCUT2D eigenvalue weighted by atomic mass is 10.2. The van der Waals surface area contributed by atoms with Crippen molar-refractivity contribution in [1.82, 2.24) is 4.72 Å². The van der Waals surface area contributed by atoms with E-state index < -0.39 is 33.8 Å². The van der Waals surface area contributed by atoms with Gasteiger partial charge in [0.15, 0.2) is 0 Å². The number of hydrogen-bond acceptors (Lipinski definition) is 2. The van der Waals surface area contributed by atoms with Crippen LogP contribution in [0.2, 0.25) is 10.0 Å². The predicted octanol–water partition coefficient (Wildman–Crippen LogP) is 4.37. The molecule has 124 valence electrons. The van der Waals surface area contributed by atoms with Crippen molar-refractivity contribution in [2.75, 3.05) is 0 Å². The van der Waals surface area contributed by atoms with E-state index in [4.69, 9.17) is 23.2 Å². The Labute approximate surface area is 143 Å². The van der Waals surface area contributed by atoms with E-state index in [1.807, 2.05) is 0 Å². The van der Waals surface area contributed by atoms with Crippen LogP contribution in [0.15, 0.2) is 29.2 Å². The summed E-state index contributed by atoms with van der Waals surface area (Å²) >= 11 is 11.5. The Morgan fingerprint density at radius 1 is 1.04 bits per heavy atom. The average molecular weight is 380 g/mol. The summed E-state index contributed by atoms with van der Waals surface area (Å²) in [5.41, 5.74) is 0.572. The minimum atomic E-state index is -3.96. The average Bonchev–Trinajstić information content (AvgIpc) is 2.46. The molecule has 0 amide bonds. The highest BCUT2D eigenvalue weighted by atomic mass is 35.5. The third-order valence-corrected chi connectivity index (χ3v) is 5.57. The zero-order valence-corrected chi connectivity index (χ0v) is 14.6. The van der Waals surface area contributed by atoms with Gasteiger partial charge < -0.3 is 0 Å². The maximum Gasteiger partial charge on any atom is 0.241 e. The van der Waals surface area contributed by atoms with Gasteiger partial charge in [-0.2, -0.15) is 0 Å². The topological polar surface area (TPSA) is 46.2 Å². The van der Waals surface area contributed by atoms with Gasteiger partial charge in [0.2, 0.25) is 10.0 Å². The van der Waals surface area contributed by atoms with Crippen molar-refractivity contribution in [2.45, 2.75) is 25.3 Å². The second kappa shape index (κ2) is 6.73. The molecule has 0 aliphatic carbocycles. The lowest BCUT2D eigenvalue weighted by molar-refractivity contribution is 0.544. The van der Waals surface area contributed by atoms with E-state index in [1.165, 1.54) is 12.1 Å². The summed E-state index contributed by atoms with van der Waals surface area (Å²) in [6.07, 6.45) is 0. The SMILES string of the molecule is Cc1cc(S(=O)(=O)NCc2c(F)ccc(Cl)c2F)c(C)cc1Cl.